The second kappa shape index (κ2) is 12.6. The molecule has 0 unspecified atom stereocenters. The van der Waals surface area contributed by atoms with Crippen molar-refractivity contribution in [1.82, 2.24) is 0 Å². The number of amides is 1. The molecule has 0 aromatic heterocycles. The lowest BCUT2D eigenvalue weighted by atomic mass is 9.86. The molecule has 0 bridgehead atoms. The standard InChI is InChI=1S/C32H38N2O5/c1-31(2,3)24-12-8-22(9-13-24)21-33-39-19-7-18-38-26-16-17-27(30(36)37)28(20-26)34-29(35)23-10-14-25(15-11-23)32(4,5)6/h8-17,20-21H,7,18-19H2,1-6H3,(H,34,35)(H,36,37). The van der Waals surface area contributed by atoms with E-state index in [4.69, 9.17) is 9.57 Å². The smallest absolute Gasteiger partial charge is 0.337 e. The Hall–Kier alpha value is -4.13. The molecule has 0 aliphatic carbocycles. The lowest BCUT2D eigenvalue weighted by Gasteiger charge is -2.19. The molecule has 0 atom stereocenters. The van der Waals surface area contributed by atoms with Gasteiger partial charge in [0.1, 0.15) is 12.4 Å². The molecule has 0 radical (unpaired) electrons. The van der Waals surface area contributed by atoms with Gasteiger partial charge in [-0.05, 0) is 51.8 Å². The van der Waals surface area contributed by atoms with Gasteiger partial charge >= 0.3 is 5.97 Å². The van der Waals surface area contributed by atoms with E-state index in [2.05, 4.69) is 64.1 Å². The summed E-state index contributed by atoms with van der Waals surface area (Å²) in [7, 11) is 0. The molecule has 3 aromatic carbocycles. The Morgan fingerprint density at radius 3 is 2.00 bits per heavy atom. The number of nitrogens with one attached hydrogen (secondary N) is 1. The van der Waals surface area contributed by atoms with E-state index in [1.807, 2.05) is 24.3 Å². The van der Waals surface area contributed by atoms with Crippen LogP contribution in [-0.4, -0.2) is 36.4 Å². The van der Waals surface area contributed by atoms with E-state index in [1.54, 1.807) is 24.4 Å². The third-order valence-corrected chi connectivity index (χ3v) is 6.18. The van der Waals surface area contributed by atoms with Crippen molar-refractivity contribution in [2.45, 2.75) is 58.8 Å². The van der Waals surface area contributed by atoms with Gasteiger partial charge in [-0.3, -0.25) is 4.79 Å². The second-order valence-electron chi connectivity index (χ2n) is 11.4. The highest BCUT2D eigenvalue weighted by atomic mass is 16.6. The van der Waals surface area contributed by atoms with Gasteiger partial charge in [0.25, 0.3) is 5.91 Å². The van der Waals surface area contributed by atoms with E-state index in [0.29, 0.717) is 30.9 Å². The molecule has 0 saturated heterocycles. The lowest BCUT2D eigenvalue weighted by Crippen LogP contribution is -2.16. The quantitative estimate of drug-likeness (QED) is 0.166. The predicted molar refractivity (Wildman–Crippen MR) is 155 cm³/mol. The molecule has 7 nitrogen and oxygen atoms in total. The van der Waals surface area contributed by atoms with Gasteiger partial charge in [0.05, 0.1) is 24.1 Å². The van der Waals surface area contributed by atoms with E-state index in [-0.39, 0.29) is 22.1 Å². The van der Waals surface area contributed by atoms with Crippen molar-refractivity contribution in [3.63, 3.8) is 0 Å². The minimum atomic E-state index is -1.14. The zero-order valence-corrected chi connectivity index (χ0v) is 23.6. The van der Waals surface area contributed by atoms with Gasteiger partial charge < -0.3 is 20.0 Å². The first-order valence-electron chi connectivity index (χ1n) is 13.0. The molecular formula is C32H38N2O5. The number of hydrogen-bond donors (Lipinski definition) is 2. The second-order valence-corrected chi connectivity index (χ2v) is 11.4. The number of nitrogens with zero attached hydrogens (tertiary/aromatic N) is 1. The van der Waals surface area contributed by atoms with Crippen molar-refractivity contribution in [1.29, 1.82) is 0 Å². The molecule has 2 N–H and O–H groups in total. The number of carboxylic acid groups (broad SMARTS) is 1. The summed E-state index contributed by atoms with van der Waals surface area (Å²) in [5, 5.41) is 16.3. The fourth-order valence-corrected chi connectivity index (χ4v) is 3.75. The minimum absolute atomic E-state index is 0.0183. The molecule has 206 valence electrons. The number of carbonyl (C=O) groups excluding carboxylic acids is 1. The van der Waals surface area contributed by atoms with Crippen molar-refractivity contribution in [2.24, 2.45) is 5.16 Å². The van der Waals surface area contributed by atoms with E-state index in [0.717, 1.165) is 11.1 Å². The van der Waals surface area contributed by atoms with Crippen LogP contribution in [0.2, 0.25) is 0 Å². The zero-order chi connectivity index (χ0) is 28.6. The number of hydrogen-bond acceptors (Lipinski definition) is 5. The fourth-order valence-electron chi connectivity index (χ4n) is 3.75. The normalized spacial score (nSPS) is 11.8. The molecule has 7 heteroatoms. The Morgan fingerprint density at radius 2 is 1.44 bits per heavy atom. The summed E-state index contributed by atoms with van der Waals surface area (Å²) in [5.41, 5.74) is 3.97. The molecule has 39 heavy (non-hydrogen) atoms. The van der Waals surface area contributed by atoms with Crippen LogP contribution in [0, 0.1) is 0 Å². The van der Waals surface area contributed by atoms with Gasteiger partial charge in [-0.1, -0.05) is 83.1 Å². The van der Waals surface area contributed by atoms with Crippen molar-refractivity contribution in [2.75, 3.05) is 18.5 Å². The highest BCUT2D eigenvalue weighted by Gasteiger charge is 2.17. The Labute approximate surface area is 230 Å². The number of anilines is 1. The summed E-state index contributed by atoms with van der Waals surface area (Å²) in [6.45, 7) is 13.5. The first kappa shape index (κ1) is 29.4. The zero-order valence-electron chi connectivity index (χ0n) is 23.6. The molecule has 0 heterocycles. The van der Waals surface area contributed by atoms with E-state index < -0.39 is 11.9 Å². The average Bonchev–Trinajstić information content (AvgIpc) is 2.87. The monoisotopic (exact) mass is 530 g/mol. The summed E-state index contributed by atoms with van der Waals surface area (Å²) in [6.07, 6.45) is 2.24. The topological polar surface area (TPSA) is 97.2 Å². The summed E-state index contributed by atoms with van der Waals surface area (Å²) in [4.78, 5) is 29.9. The summed E-state index contributed by atoms with van der Waals surface area (Å²) < 4.78 is 5.76. The SMILES string of the molecule is CC(C)(C)c1ccc(C=NOCCCOc2ccc(C(=O)O)c(NC(=O)c3ccc(C(C)(C)C)cc3)c2)cc1. The fraction of sp³-hybridized carbons (Fsp3) is 0.344. The van der Waals surface area contributed by atoms with Crippen molar-refractivity contribution in [3.8, 4) is 5.75 Å². The summed E-state index contributed by atoms with van der Waals surface area (Å²) in [5.74, 6) is -1.09. The number of rotatable bonds is 10. The van der Waals surface area contributed by atoms with Crippen molar-refractivity contribution in [3.05, 3.63) is 94.5 Å². The molecule has 3 rings (SSSR count). The van der Waals surface area contributed by atoms with Crippen LogP contribution in [-0.2, 0) is 15.7 Å². The third-order valence-electron chi connectivity index (χ3n) is 6.18. The van der Waals surface area contributed by atoms with Gasteiger partial charge in [-0.2, -0.15) is 0 Å². The summed E-state index contributed by atoms with van der Waals surface area (Å²) in [6, 6.07) is 20.0. The first-order valence-corrected chi connectivity index (χ1v) is 13.0. The van der Waals surface area contributed by atoms with Crippen LogP contribution in [0.4, 0.5) is 5.69 Å². The number of aromatic carboxylic acids is 1. The van der Waals surface area contributed by atoms with Gasteiger partial charge in [-0.25, -0.2) is 4.79 Å². The van der Waals surface area contributed by atoms with Crippen LogP contribution < -0.4 is 10.1 Å². The molecule has 0 aliphatic rings. The van der Waals surface area contributed by atoms with Crippen LogP contribution in [0.15, 0.2) is 71.9 Å². The first-order chi connectivity index (χ1) is 18.3. The van der Waals surface area contributed by atoms with E-state index in [1.165, 1.54) is 17.7 Å². The van der Waals surface area contributed by atoms with Crippen LogP contribution in [0.25, 0.3) is 0 Å². The van der Waals surface area contributed by atoms with Crippen LogP contribution in [0.1, 0.15) is 85.4 Å². The molecule has 0 aliphatic heterocycles. The largest absolute Gasteiger partial charge is 0.493 e. The maximum atomic E-state index is 12.8. The number of carbonyl (C=O) groups is 2. The number of carboxylic acids is 1. The molecule has 3 aromatic rings. The average molecular weight is 531 g/mol. The predicted octanol–water partition coefficient (Wildman–Crippen LogP) is 7.05. The van der Waals surface area contributed by atoms with E-state index in [9.17, 15) is 14.7 Å². The van der Waals surface area contributed by atoms with E-state index >= 15 is 0 Å². The lowest BCUT2D eigenvalue weighted by molar-refractivity contribution is 0.0698. The third kappa shape index (κ3) is 8.70. The highest BCUT2D eigenvalue weighted by molar-refractivity contribution is 6.07. The van der Waals surface area contributed by atoms with Crippen LogP contribution in [0.5, 0.6) is 5.75 Å². The number of oxime groups is 1. The van der Waals surface area contributed by atoms with Gasteiger partial charge in [0.2, 0.25) is 0 Å². The summed E-state index contributed by atoms with van der Waals surface area (Å²) >= 11 is 0. The minimum Gasteiger partial charge on any atom is -0.493 e. The molecule has 0 saturated carbocycles. The molecule has 0 spiro atoms. The molecule has 0 fully saturated rings. The van der Waals surface area contributed by atoms with Gasteiger partial charge in [0.15, 0.2) is 0 Å². The molecular weight excluding hydrogens is 492 g/mol. The Balaban J connectivity index is 1.52. The van der Waals surface area contributed by atoms with Crippen LogP contribution >= 0.6 is 0 Å². The van der Waals surface area contributed by atoms with Gasteiger partial charge in [0, 0.05) is 18.1 Å². The Bertz CT molecular complexity index is 1300. The maximum Gasteiger partial charge on any atom is 0.337 e. The van der Waals surface area contributed by atoms with Crippen molar-refractivity contribution < 1.29 is 24.3 Å². The Morgan fingerprint density at radius 1 is 0.846 bits per heavy atom. The van der Waals surface area contributed by atoms with Crippen molar-refractivity contribution >= 4 is 23.8 Å². The number of ether oxygens (including phenoxy) is 1. The molecule has 1 amide bonds. The Kier molecular flexibility index (Phi) is 9.51. The number of benzene rings is 3. The van der Waals surface area contributed by atoms with Gasteiger partial charge in [-0.15, -0.1) is 0 Å². The highest BCUT2D eigenvalue weighted by Crippen LogP contribution is 2.26. The van der Waals surface area contributed by atoms with Crippen LogP contribution in [0.3, 0.4) is 0 Å². The maximum absolute atomic E-state index is 12.8.